The van der Waals surface area contributed by atoms with Crippen LogP contribution in [0.4, 0.5) is 0 Å². The molecule has 76 valence electrons. The summed E-state index contributed by atoms with van der Waals surface area (Å²) in [6.07, 6.45) is 1.95. The van der Waals surface area contributed by atoms with Gasteiger partial charge in [0.2, 0.25) is 0 Å². The minimum Gasteiger partial charge on any atom is -0.481 e. The van der Waals surface area contributed by atoms with E-state index in [0.29, 0.717) is 21.6 Å². The van der Waals surface area contributed by atoms with E-state index in [0.717, 1.165) is 0 Å². The van der Waals surface area contributed by atoms with E-state index in [-0.39, 0.29) is 0 Å². The zero-order valence-corrected chi connectivity index (χ0v) is 9.84. The smallest absolute Gasteiger partial charge is 0.312 e. The number of nitrogens with zero attached hydrogens (tertiary/aromatic N) is 1. The predicted molar refractivity (Wildman–Crippen MR) is 57.6 cm³/mol. The van der Waals surface area contributed by atoms with Crippen molar-refractivity contribution >= 4 is 33.5 Å². The highest BCUT2D eigenvalue weighted by atomic mass is 79.9. The van der Waals surface area contributed by atoms with Crippen LogP contribution in [-0.2, 0) is 4.79 Å². The fourth-order valence-electron chi connectivity index (χ4n) is 1.17. The first-order valence-corrected chi connectivity index (χ1v) is 5.27. The summed E-state index contributed by atoms with van der Waals surface area (Å²) in [5, 5.41) is 9.41. The van der Waals surface area contributed by atoms with Crippen molar-refractivity contribution in [3.05, 3.63) is 27.5 Å². The standard InChI is InChI=1S/C9H9BrClNO2/c1-2-6(9(13)14)8-7(10)3-5(11)4-12-8/h3-4,6H,2H2,1H3,(H,13,14). The lowest BCUT2D eigenvalue weighted by atomic mass is 10.0. The summed E-state index contributed by atoms with van der Waals surface area (Å²) in [6.45, 7) is 1.81. The molecule has 0 saturated heterocycles. The Morgan fingerprint density at radius 1 is 1.79 bits per heavy atom. The number of hydrogen-bond donors (Lipinski definition) is 1. The molecule has 0 aliphatic carbocycles. The van der Waals surface area contributed by atoms with Crippen molar-refractivity contribution in [2.45, 2.75) is 19.3 Å². The summed E-state index contributed by atoms with van der Waals surface area (Å²) in [6, 6.07) is 1.65. The largest absolute Gasteiger partial charge is 0.481 e. The van der Waals surface area contributed by atoms with Crippen molar-refractivity contribution in [3.63, 3.8) is 0 Å². The Morgan fingerprint density at radius 3 is 2.86 bits per heavy atom. The van der Waals surface area contributed by atoms with Gasteiger partial charge in [0, 0.05) is 10.7 Å². The Bertz CT molecular complexity index is 357. The number of hydrogen-bond acceptors (Lipinski definition) is 2. The van der Waals surface area contributed by atoms with Gasteiger partial charge >= 0.3 is 5.97 Å². The van der Waals surface area contributed by atoms with Gasteiger partial charge in [-0.25, -0.2) is 0 Å². The topological polar surface area (TPSA) is 50.2 Å². The summed E-state index contributed by atoms with van der Waals surface area (Å²) in [4.78, 5) is 14.9. The minimum atomic E-state index is -0.872. The molecule has 3 nitrogen and oxygen atoms in total. The molecule has 1 rings (SSSR count). The molecule has 0 amide bonds. The van der Waals surface area contributed by atoms with E-state index in [1.165, 1.54) is 6.20 Å². The van der Waals surface area contributed by atoms with Crippen LogP contribution in [0.1, 0.15) is 25.0 Å². The highest BCUT2D eigenvalue weighted by Crippen LogP contribution is 2.27. The van der Waals surface area contributed by atoms with Gasteiger partial charge in [0.05, 0.1) is 16.6 Å². The van der Waals surface area contributed by atoms with Gasteiger partial charge in [-0.2, -0.15) is 0 Å². The second-order valence-corrected chi connectivity index (χ2v) is 4.11. The molecule has 0 bridgehead atoms. The summed E-state index contributed by atoms with van der Waals surface area (Å²) >= 11 is 8.95. The Labute approximate surface area is 95.2 Å². The van der Waals surface area contributed by atoms with E-state index in [4.69, 9.17) is 16.7 Å². The normalized spacial score (nSPS) is 12.5. The molecule has 0 saturated carbocycles. The molecule has 0 radical (unpaired) electrons. The van der Waals surface area contributed by atoms with E-state index in [1.807, 2.05) is 6.92 Å². The van der Waals surface area contributed by atoms with Gasteiger partial charge in [-0.1, -0.05) is 18.5 Å². The number of halogens is 2. The van der Waals surface area contributed by atoms with Crippen LogP contribution in [0.25, 0.3) is 0 Å². The maximum absolute atomic E-state index is 10.9. The van der Waals surface area contributed by atoms with Gasteiger partial charge in [-0.3, -0.25) is 9.78 Å². The van der Waals surface area contributed by atoms with Crippen LogP contribution in [0.3, 0.4) is 0 Å². The fraction of sp³-hybridized carbons (Fsp3) is 0.333. The van der Waals surface area contributed by atoms with Gasteiger partial charge in [0.25, 0.3) is 0 Å². The molecule has 0 aliphatic rings. The first-order chi connectivity index (χ1) is 6.56. The quantitative estimate of drug-likeness (QED) is 0.924. The molecule has 5 heteroatoms. The van der Waals surface area contributed by atoms with Gasteiger partial charge in [0.1, 0.15) is 0 Å². The SMILES string of the molecule is CCC(C(=O)O)c1ncc(Cl)cc1Br. The molecule has 1 atom stereocenters. The molecule has 1 unspecified atom stereocenters. The lowest BCUT2D eigenvalue weighted by molar-refractivity contribution is -0.139. The third-order valence-electron chi connectivity index (χ3n) is 1.87. The highest BCUT2D eigenvalue weighted by molar-refractivity contribution is 9.10. The molecular formula is C9H9BrClNO2. The summed E-state index contributed by atoms with van der Waals surface area (Å²) < 4.78 is 0.638. The monoisotopic (exact) mass is 277 g/mol. The molecule has 1 aromatic rings. The zero-order chi connectivity index (χ0) is 10.7. The third-order valence-corrected chi connectivity index (χ3v) is 2.71. The number of pyridine rings is 1. The lowest BCUT2D eigenvalue weighted by Gasteiger charge is -2.10. The van der Waals surface area contributed by atoms with Crippen LogP contribution >= 0.6 is 27.5 Å². The molecule has 0 aliphatic heterocycles. The third kappa shape index (κ3) is 2.45. The van der Waals surface area contributed by atoms with Crippen LogP contribution in [0.5, 0.6) is 0 Å². The van der Waals surface area contributed by atoms with E-state index in [9.17, 15) is 4.79 Å². The average molecular weight is 279 g/mol. The van der Waals surface area contributed by atoms with E-state index < -0.39 is 11.9 Å². The molecular weight excluding hydrogens is 269 g/mol. The number of rotatable bonds is 3. The molecule has 0 spiro atoms. The number of aliphatic carboxylic acids is 1. The Morgan fingerprint density at radius 2 is 2.43 bits per heavy atom. The second-order valence-electron chi connectivity index (χ2n) is 2.82. The van der Waals surface area contributed by atoms with Crippen molar-refractivity contribution in [2.24, 2.45) is 0 Å². The summed E-state index contributed by atoms with van der Waals surface area (Å²) in [7, 11) is 0. The number of carboxylic acids is 1. The van der Waals surface area contributed by atoms with Crippen molar-refractivity contribution in [2.75, 3.05) is 0 Å². The van der Waals surface area contributed by atoms with Crippen LogP contribution in [0, 0.1) is 0 Å². The molecule has 1 N–H and O–H groups in total. The number of aromatic nitrogens is 1. The Balaban J connectivity index is 3.10. The van der Waals surface area contributed by atoms with Gasteiger partial charge in [-0.05, 0) is 28.4 Å². The molecule has 1 aromatic heterocycles. The van der Waals surface area contributed by atoms with Crippen LogP contribution in [0.2, 0.25) is 5.02 Å². The van der Waals surface area contributed by atoms with Gasteiger partial charge in [0.15, 0.2) is 0 Å². The van der Waals surface area contributed by atoms with E-state index >= 15 is 0 Å². The second kappa shape index (κ2) is 4.75. The zero-order valence-electron chi connectivity index (χ0n) is 7.50. The van der Waals surface area contributed by atoms with Crippen molar-refractivity contribution in [3.8, 4) is 0 Å². The molecule has 0 aromatic carbocycles. The van der Waals surface area contributed by atoms with E-state index in [2.05, 4.69) is 20.9 Å². The van der Waals surface area contributed by atoms with Crippen molar-refractivity contribution < 1.29 is 9.90 Å². The van der Waals surface area contributed by atoms with Crippen LogP contribution in [0.15, 0.2) is 16.7 Å². The maximum Gasteiger partial charge on any atom is 0.312 e. The first-order valence-electron chi connectivity index (χ1n) is 4.10. The maximum atomic E-state index is 10.9. The average Bonchev–Trinajstić information content (AvgIpc) is 2.09. The lowest BCUT2D eigenvalue weighted by Crippen LogP contribution is -2.12. The van der Waals surface area contributed by atoms with Gasteiger partial charge in [-0.15, -0.1) is 0 Å². The van der Waals surface area contributed by atoms with Crippen molar-refractivity contribution in [1.82, 2.24) is 4.98 Å². The summed E-state index contributed by atoms with van der Waals surface area (Å²) in [5.41, 5.74) is 0.518. The molecule has 1 heterocycles. The Kier molecular flexibility index (Phi) is 3.89. The van der Waals surface area contributed by atoms with Crippen molar-refractivity contribution in [1.29, 1.82) is 0 Å². The van der Waals surface area contributed by atoms with E-state index in [1.54, 1.807) is 6.07 Å². The molecule has 14 heavy (non-hydrogen) atoms. The summed E-state index contributed by atoms with van der Waals surface area (Å²) in [5.74, 6) is -1.45. The minimum absolute atomic E-state index is 0.487. The highest BCUT2D eigenvalue weighted by Gasteiger charge is 2.21. The number of carboxylic acid groups (broad SMARTS) is 1. The molecule has 0 fully saturated rings. The Hall–Kier alpha value is -0.610. The van der Waals surface area contributed by atoms with Gasteiger partial charge < -0.3 is 5.11 Å². The predicted octanol–water partition coefficient (Wildman–Crippen LogP) is 3.08. The fourth-order valence-corrected chi connectivity index (χ4v) is 2.08. The van der Waals surface area contributed by atoms with Crippen LogP contribution < -0.4 is 0 Å². The van der Waals surface area contributed by atoms with Crippen LogP contribution in [-0.4, -0.2) is 16.1 Å². The number of carbonyl (C=O) groups is 1. The first kappa shape index (κ1) is 11.5.